The quantitative estimate of drug-likeness (QED) is 0.726. The average molecular weight is 330 g/mol. The third kappa shape index (κ3) is 5.09. The molecule has 0 fully saturated rings. The van der Waals surface area contributed by atoms with Gasteiger partial charge in [0.15, 0.2) is 0 Å². The normalized spacial score (nSPS) is 10.0. The lowest BCUT2D eigenvalue weighted by Gasteiger charge is -2.05. The van der Waals surface area contributed by atoms with Crippen molar-refractivity contribution in [1.82, 2.24) is 4.98 Å². The van der Waals surface area contributed by atoms with Crippen molar-refractivity contribution >= 4 is 35.3 Å². The number of pyridine rings is 1. The van der Waals surface area contributed by atoms with Crippen molar-refractivity contribution in [2.24, 2.45) is 0 Å². The molecule has 0 aliphatic heterocycles. The zero-order valence-corrected chi connectivity index (χ0v) is 13.7. The van der Waals surface area contributed by atoms with Crippen molar-refractivity contribution in [3.05, 3.63) is 72.1 Å². The number of phenolic OH excluding ortho intramolecular Hbond substituents is 1. The molecule has 0 spiro atoms. The number of aliphatic hydroxyl groups is 1. The summed E-state index contributed by atoms with van der Waals surface area (Å²) in [5, 5.41) is 19.8. The van der Waals surface area contributed by atoms with Crippen LogP contribution < -0.4 is 0 Å². The number of halogens is 1. The summed E-state index contributed by atoms with van der Waals surface area (Å²) in [4.78, 5) is 3.98. The van der Waals surface area contributed by atoms with Crippen LogP contribution in [0.5, 0.6) is 5.75 Å². The Morgan fingerprint density at radius 2 is 1.61 bits per heavy atom. The number of phenols is 1. The second-order valence-electron chi connectivity index (χ2n) is 4.65. The molecule has 4 heteroatoms. The molecule has 0 atom stereocenters. The van der Waals surface area contributed by atoms with Crippen LogP contribution in [0.15, 0.2) is 60.9 Å². The number of rotatable bonds is 2. The van der Waals surface area contributed by atoms with Crippen molar-refractivity contribution in [1.29, 1.82) is 0 Å². The maximum absolute atomic E-state index is 10.0. The van der Waals surface area contributed by atoms with Gasteiger partial charge in [-0.05, 0) is 41.5 Å². The van der Waals surface area contributed by atoms with Gasteiger partial charge in [0.2, 0.25) is 0 Å². The van der Waals surface area contributed by atoms with Crippen LogP contribution >= 0.6 is 12.4 Å². The molecule has 3 rings (SSSR count). The Kier molecular flexibility index (Phi) is 7.81. The highest BCUT2D eigenvalue weighted by molar-refractivity contribution is 5.95. The highest BCUT2D eigenvalue weighted by Crippen LogP contribution is 2.28. The molecule has 3 aromatic rings. The molecule has 0 aliphatic carbocycles. The number of hydrogen-bond donors (Lipinski definition) is 2. The smallest absolute Gasteiger partial charge is 0.123 e. The van der Waals surface area contributed by atoms with E-state index in [2.05, 4.69) is 4.98 Å². The van der Waals surface area contributed by atoms with Gasteiger partial charge in [0, 0.05) is 24.6 Å². The maximum atomic E-state index is 10.0. The monoisotopic (exact) mass is 329 g/mol. The molecule has 2 aromatic carbocycles. The van der Waals surface area contributed by atoms with E-state index >= 15 is 0 Å². The summed E-state index contributed by atoms with van der Waals surface area (Å²) in [6.07, 6.45) is 7.42. The Bertz CT molecular complexity index is 758. The first-order chi connectivity index (χ1) is 10.8. The van der Waals surface area contributed by atoms with Crippen LogP contribution in [0.1, 0.15) is 18.1 Å². The van der Waals surface area contributed by atoms with Crippen LogP contribution in [0.4, 0.5) is 0 Å². The van der Waals surface area contributed by atoms with Gasteiger partial charge in [0.25, 0.3) is 0 Å². The molecule has 0 saturated carbocycles. The Morgan fingerprint density at radius 3 is 2.30 bits per heavy atom. The second-order valence-corrected chi connectivity index (χ2v) is 4.65. The third-order valence-corrected chi connectivity index (χ3v) is 3.10. The van der Waals surface area contributed by atoms with Gasteiger partial charge < -0.3 is 10.2 Å². The minimum Gasteiger partial charge on any atom is -0.507 e. The highest BCUT2D eigenvalue weighted by Gasteiger charge is 2.03. The molecule has 23 heavy (non-hydrogen) atoms. The lowest BCUT2D eigenvalue weighted by Crippen LogP contribution is -1.80. The zero-order chi connectivity index (χ0) is 15.8. The van der Waals surface area contributed by atoms with Gasteiger partial charge in [0.05, 0.1) is 0 Å². The SMILES string of the molecule is CCO.Cl.Oc1ccc2ccccc2c1/C=C/c1ccncc1. The second kappa shape index (κ2) is 9.62. The largest absolute Gasteiger partial charge is 0.507 e. The number of nitrogens with zero attached hydrogens (tertiary/aromatic N) is 1. The van der Waals surface area contributed by atoms with Crippen molar-refractivity contribution in [3.8, 4) is 5.75 Å². The van der Waals surface area contributed by atoms with Crippen molar-refractivity contribution in [2.75, 3.05) is 6.61 Å². The molecule has 120 valence electrons. The van der Waals surface area contributed by atoms with Gasteiger partial charge in [-0.3, -0.25) is 4.98 Å². The summed E-state index contributed by atoms with van der Waals surface area (Å²) in [6.45, 7) is 1.93. The van der Waals surface area contributed by atoms with E-state index < -0.39 is 0 Å². The predicted octanol–water partition coefficient (Wildman–Crippen LogP) is 4.53. The van der Waals surface area contributed by atoms with Crippen LogP contribution in [0.25, 0.3) is 22.9 Å². The van der Waals surface area contributed by atoms with Gasteiger partial charge >= 0.3 is 0 Å². The summed E-state index contributed by atoms with van der Waals surface area (Å²) in [7, 11) is 0. The summed E-state index contributed by atoms with van der Waals surface area (Å²) < 4.78 is 0. The fraction of sp³-hybridized carbons (Fsp3) is 0.105. The number of aliphatic hydroxyl groups excluding tert-OH is 1. The summed E-state index contributed by atoms with van der Waals surface area (Å²) >= 11 is 0. The van der Waals surface area contributed by atoms with E-state index in [1.165, 1.54) is 0 Å². The van der Waals surface area contributed by atoms with Crippen molar-refractivity contribution in [2.45, 2.75) is 6.92 Å². The Labute approximate surface area is 142 Å². The summed E-state index contributed by atoms with van der Waals surface area (Å²) in [5.74, 6) is 0.295. The van der Waals surface area contributed by atoms with Crippen LogP contribution in [0, 0.1) is 0 Å². The fourth-order valence-electron chi connectivity index (χ4n) is 2.11. The van der Waals surface area contributed by atoms with Gasteiger partial charge in [-0.1, -0.05) is 42.5 Å². The fourth-order valence-corrected chi connectivity index (χ4v) is 2.11. The van der Waals surface area contributed by atoms with E-state index in [0.717, 1.165) is 21.9 Å². The van der Waals surface area contributed by atoms with E-state index in [0.29, 0.717) is 5.75 Å². The van der Waals surface area contributed by atoms with Gasteiger partial charge in [-0.15, -0.1) is 12.4 Å². The Hall–Kier alpha value is -2.36. The van der Waals surface area contributed by atoms with Crippen molar-refractivity contribution < 1.29 is 10.2 Å². The maximum Gasteiger partial charge on any atom is 0.123 e. The van der Waals surface area contributed by atoms with E-state index in [-0.39, 0.29) is 19.0 Å². The zero-order valence-electron chi connectivity index (χ0n) is 12.9. The molecule has 1 aromatic heterocycles. The lowest BCUT2D eigenvalue weighted by molar-refractivity contribution is 0.318. The Balaban J connectivity index is 0.000000615. The first-order valence-corrected chi connectivity index (χ1v) is 7.16. The number of benzene rings is 2. The molecular formula is C19H20ClNO2. The predicted molar refractivity (Wildman–Crippen MR) is 98.8 cm³/mol. The molecule has 1 heterocycles. The first kappa shape index (κ1) is 18.7. The molecule has 0 aliphatic rings. The lowest BCUT2D eigenvalue weighted by atomic mass is 10.0. The van der Waals surface area contributed by atoms with Crippen LogP contribution in [0.2, 0.25) is 0 Å². The first-order valence-electron chi connectivity index (χ1n) is 7.16. The van der Waals surface area contributed by atoms with Crippen LogP contribution in [-0.4, -0.2) is 21.8 Å². The van der Waals surface area contributed by atoms with Gasteiger partial charge in [-0.2, -0.15) is 0 Å². The molecule has 0 bridgehead atoms. The molecular weight excluding hydrogens is 310 g/mol. The van der Waals surface area contributed by atoms with Gasteiger partial charge in [0.1, 0.15) is 5.75 Å². The van der Waals surface area contributed by atoms with Crippen LogP contribution in [0.3, 0.4) is 0 Å². The number of aromatic hydroxyl groups is 1. The molecule has 0 amide bonds. The van der Waals surface area contributed by atoms with E-state index in [1.807, 2.05) is 54.6 Å². The average Bonchev–Trinajstić information content (AvgIpc) is 2.56. The molecule has 0 unspecified atom stereocenters. The van der Waals surface area contributed by atoms with E-state index in [1.54, 1.807) is 25.4 Å². The van der Waals surface area contributed by atoms with Crippen molar-refractivity contribution in [3.63, 3.8) is 0 Å². The third-order valence-electron chi connectivity index (χ3n) is 3.10. The Morgan fingerprint density at radius 1 is 0.957 bits per heavy atom. The van der Waals surface area contributed by atoms with Crippen LogP contribution in [-0.2, 0) is 0 Å². The molecule has 0 saturated heterocycles. The van der Waals surface area contributed by atoms with E-state index in [9.17, 15) is 5.11 Å². The van der Waals surface area contributed by atoms with Gasteiger partial charge in [-0.25, -0.2) is 0 Å². The number of fused-ring (bicyclic) bond motifs is 1. The standard InChI is InChI=1S/C17H13NO.C2H6O.ClH/c19-17-8-6-14-3-1-2-4-15(14)16(17)7-5-13-9-11-18-12-10-13;1-2-3;/h1-12,19H;3H,2H2,1H3;1H/b7-5+;;. The summed E-state index contributed by atoms with van der Waals surface area (Å²) in [5.41, 5.74) is 1.90. The molecule has 3 nitrogen and oxygen atoms in total. The number of aromatic nitrogens is 1. The topological polar surface area (TPSA) is 53.4 Å². The molecule has 2 N–H and O–H groups in total. The molecule has 0 radical (unpaired) electrons. The minimum atomic E-state index is 0. The highest BCUT2D eigenvalue weighted by atomic mass is 35.5. The van der Waals surface area contributed by atoms with E-state index in [4.69, 9.17) is 5.11 Å². The minimum absolute atomic E-state index is 0. The summed E-state index contributed by atoms with van der Waals surface area (Å²) in [6, 6.07) is 15.5. The number of hydrogen-bond acceptors (Lipinski definition) is 3.